The lowest BCUT2D eigenvalue weighted by Gasteiger charge is -2.28. The molecule has 0 spiro atoms. The highest BCUT2D eigenvalue weighted by Gasteiger charge is 2.30. The topological polar surface area (TPSA) is 130 Å². The van der Waals surface area contributed by atoms with Crippen LogP contribution in [0, 0.1) is 0 Å². The predicted molar refractivity (Wildman–Crippen MR) is 94.5 cm³/mol. The Morgan fingerprint density at radius 2 is 2.04 bits per heavy atom. The quantitative estimate of drug-likeness (QED) is 0.649. The maximum atomic E-state index is 12.5. The normalized spacial score (nSPS) is 13.3. The Bertz CT molecular complexity index is 961. The minimum atomic E-state index is -1.11. The van der Waals surface area contributed by atoms with Crippen molar-refractivity contribution in [2.24, 2.45) is 0 Å². The van der Waals surface area contributed by atoms with Gasteiger partial charge in [0.05, 0.1) is 29.5 Å². The van der Waals surface area contributed by atoms with Crippen molar-refractivity contribution in [1.82, 2.24) is 14.9 Å². The van der Waals surface area contributed by atoms with Crippen LogP contribution in [0.1, 0.15) is 30.6 Å². The van der Waals surface area contributed by atoms with Gasteiger partial charge in [-0.3, -0.25) is 19.0 Å². The van der Waals surface area contributed by atoms with Crippen LogP contribution in [0.25, 0.3) is 10.9 Å². The molecule has 2 aromatic rings. The Morgan fingerprint density at radius 1 is 1.35 bits per heavy atom. The number of ether oxygens (including phenoxy) is 1. The van der Waals surface area contributed by atoms with Crippen molar-refractivity contribution in [2.45, 2.75) is 32.4 Å². The van der Waals surface area contributed by atoms with E-state index in [1.165, 1.54) is 25.3 Å². The maximum absolute atomic E-state index is 12.5. The van der Waals surface area contributed by atoms with Gasteiger partial charge in [-0.15, -0.1) is 0 Å². The molecule has 0 aliphatic carbocycles. The number of carboxylic acids is 1. The van der Waals surface area contributed by atoms with Gasteiger partial charge >= 0.3 is 11.7 Å². The number of aliphatic carboxylic acids is 1. The summed E-state index contributed by atoms with van der Waals surface area (Å²) in [5.41, 5.74) is -1.67. The van der Waals surface area contributed by atoms with Crippen molar-refractivity contribution in [1.29, 1.82) is 0 Å². The fourth-order valence-electron chi connectivity index (χ4n) is 2.81. The number of hydrogen-bond acceptors (Lipinski definition) is 5. The number of methoxy groups -OCH3 is 1. The lowest BCUT2D eigenvalue weighted by atomic mass is 9.98. The molecule has 1 unspecified atom stereocenters. The molecule has 0 aliphatic rings. The Hall–Kier alpha value is -2.94. The largest absolute Gasteiger partial charge is 0.481 e. The molecule has 9 heteroatoms. The first-order chi connectivity index (χ1) is 12.2. The molecule has 0 bridgehead atoms. The second-order valence-corrected chi connectivity index (χ2v) is 6.26. The van der Waals surface area contributed by atoms with Gasteiger partial charge in [-0.05, 0) is 32.0 Å². The molecular weight excluding hydrogens is 342 g/mol. The van der Waals surface area contributed by atoms with E-state index in [-0.39, 0.29) is 36.0 Å². The fourth-order valence-corrected chi connectivity index (χ4v) is 2.81. The molecule has 26 heavy (non-hydrogen) atoms. The smallest absolute Gasteiger partial charge is 0.328 e. The van der Waals surface area contributed by atoms with Crippen molar-refractivity contribution >= 4 is 22.8 Å². The van der Waals surface area contributed by atoms with Gasteiger partial charge < -0.3 is 20.1 Å². The molecule has 1 atom stereocenters. The number of nitrogens with one attached hydrogen (secondary N) is 2. The number of H-pyrrole nitrogens is 1. The van der Waals surface area contributed by atoms with E-state index >= 15 is 0 Å². The average molecular weight is 363 g/mol. The van der Waals surface area contributed by atoms with Gasteiger partial charge in [0, 0.05) is 19.2 Å². The first-order valence-corrected chi connectivity index (χ1v) is 8.01. The highest BCUT2D eigenvalue weighted by Crippen LogP contribution is 2.14. The number of carboxylic acid groups (broad SMARTS) is 1. The van der Waals surface area contributed by atoms with Crippen molar-refractivity contribution in [2.75, 3.05) is 13.7 Å². The molecule has 1 amide bonds. The SMILES string of the molecule is CCn1c(=O)[nH]c2cc(C(=O)NC(C)(COC)CC(=O)O)ccc2c1=O. The first-order valence-electron chi connectivity index (χ1n) is 8.01. The lowest BCUT2D eigenvalue weighted by Crippen LogP contribution is -2.50. The number of aromatic nitrogens is 2. The second-order valence-electron chi connectivity index (χ2n) is 6.26. The number of hydrogen-bond donors (Lipinski definition) is 3. The van der Waals surface area contributed by atoms with Gasteiger partial charge in [-0.25, -0.2) is 4.79 Å². The van der Waals surface area contributed by atoms with E-state index in [1.807, 2.05) is 0 Å². The zero-order valence-corrected chi connectivity index (χ0v) is 14.8. The lowest BCUT2D eigenvalue weighted by molar-refractivity contribution is -0.139. The molecule has 0 aliphatic heterocycles. The molecule has 0 saturated carbocycles. The molecule has 0 fully saturated rings. The molecule has 9 nitrogen and oxygen atoms in total. The summed E-state index contributed by atoms with van der Waals surface area (Å²) in [6, 6.07) is 4.30. The molecule has 1 heterocycles. The Balaban J connectivity index is 2.40. The Labute approximate surface area is 148 Å². The van der Waals surface area contributed by atoms with Crippen LogP contribution in [0.3, 0.4) is 0 Å². The molecule has 1 aromatic heterocycles. The van der Waals surface area contributed by atoms with Gasteiger partial charge in [-0.2, -0.15) is 0 Å². The standard InChI is InChI=1S/C17H21N3O6/c1-4-20-15(24)11-6-5-10(7-12(11)18-16(20)25)14(23)19-17(2,9-26-3)8-13(21)22/h5-7H,4,8-9H2,1-3H3,(H,18,25)(H,19,23)(H,21,22). The molecule has 0 radical (unpaired) electrons. The van der Waals surface area contributed by atoms with Gasteiger partial charge in [-0.1, -0.05) is 0 Å². The van der Waals surface area contributed by atoms with Crippen LogP contribution in [0.4, 0.5) is 0 Å². The van der Waals surface area contributed by atoms with E-state index in [4.69, 9.17) is 9.84 Å². The predicted octanol–water partition coefficient (Wildman–Crippen LogP) is 0.319. The van der Waals surface area contributed by atoms with Crippen molar-refractivity contribution in [3.8, 4) is 0 Å². The fraction of sp³-hybridized carbons (Fsp3) is 0.412. The summed E-state index contributed by atoms with van der Waals surface area (Å²) in [4.78, 5) is 50.3. The van der Waals surface area contributed by atoms with Crippen LogP contribution < -0.4 is 16.6 Å². The van der Waals surface area contributed by atoms with Crippen LogP contribution in [0.2, 0.25) is 0 Å². The average Bonchev–Trinajstić information content (AvgIpc) is 2.53. The van der Waals surface area contributed by atoms with Gasteiger partial charge in [0.15, 0.2) is 0 Å². The van der Waals surface area contributed by atoms with E-state index in [0.717, 1.165) is 4.57 Å². The van der Waals surface area contributed by atoms with Crippen molar-refractivity contribution < 1.29 is 19.4 Å². The third-order valence-corrected chi connectivity index (χ3v) is 3.98. The monoisotopic (exact) mass is 363 g/mol. The van der Waals surface area contributed by atoms with E-state index in [1.54, 1.807) is 13.8 Å². The molecule has 1 aromatic carbocycles. The highest BCUT2D eigenvalue weighted by atomic mass is 16.5. The van der Waals surface area contributed by atoms with Crippen LogP contribution in [-0.4, -0.2) is 45.8 Å². The van der Waals surface area contributed by atoms with Gasteiger partial charge in [0.2, 0.25) is 0 Å². The van der Waals surface area contributed by atoms with Crippen LogP contribution in [-0.2, 0) is 16.1 Å². The van der Waals surface area contributed by atoms with Crippen molar-refractivity contribution in [3.63, 3.8) is 0 Å². The van der Waals surface area contributed by atoms with E-state index in [0.29, 0.717) is 0 Å². The zero-order valence-electron chi connectivity index (χ0n) is 14.8. The van der Waals surface area contributed by atoms with E-state index < -0.39 is 28.7 Å². The first kappa shape index (κ1) is 19.4. The number of fused-ring (bicyclic) bond motifs is 1. The summed E-state index contributed by atoms with van der Waals surface area (Å²) in [6.45, 7) is 3.49. The molecular formula is C17H21N3O6. The zero-order chi connectivity index (χ0) is 19.5. The number of rotatable bonds is 7. The third kappa shape index (κ3) is 3.99. The minimum absolute atomic E-state index is 0.0106. The van der Waals surface area contributed by atoms with Crippen LogP contribution >= 0.6 is 0 Å². The number of carbonyl (C=O) groups excluding carboxylic acids is 1. The Kier molecular flexibility index (Phi) is 5.61. The van der Waals surface area contributed by atoms with E-state index in [2.05, 4.69) is 10.3 Å². The third-order valence-electron chi connectivity index (χ3n) is 3.98. The van der Waals surface area contributed by atoms with Gasteiger partial charge in [0.25, 0.3) is 11.5 Å². The number of nitrogens with zero attached hydrogens (tertiary/aromatic N) is 1. The van der Waals surface area contributed by atoms with Crippen molar-refractivity contribution in [3.05, 3.63) is 44.6 Å². The maximum Gasteiger partial charge on any atom is 0.328 e. The second kappa shape index (κ2) is 7.52. The number of aromatic amines is 1. The number of amides is 1. The summed E-state index contributed by atoms with van der Waals surface area (Å²) >= 11 is 0. The summed E-state index contributed by atoms with van der Waals surface area (Å²) in [6.07, 6.45) is -0.321. The number of benzene rings is 1. The highest BCUT2D eigenvalue weighted by molar-refractivity contribution is 5.98. The minimum Gasteiger partial charge on any atom is -0.481 e. The molecule has 2 rings (SSSR count). The van der Waals surface area contributed by atoms with Gasteiger partial charge in [0.1, 0.15) is 0 Å². The molecule has 3 N–H and O–H groups in total. The summed E-state index contributed by atoms with van der Waals surface area (Å²) < 4.78 is 6.06. The Morgan fingerprint density at radius 3 is 2.62 bits per heavy atom. The van der Waals surface area contributed by atoms with E-state index in [9.17, 15) is 19.2 Å². The molecule has 140 valence electrons. The van der Waals surface area contributed by atoms with Crippen LogP contribution in [0.5, 0.6) is 0 Å². The summed E-state index contributed by atoms with van der Waals surface area (Å²) in [5, 5.41) is 12.0. The molecule has 0 saturated heterocycles. The van der Waals surface area contributed by atoms with Crippen LogP contribution in [0.15, 0.2) is 27.8 Å². The summed E-state index contributed by atoms with van der Waals surface area (Å²) in [7, 11) is 1.41. The number of carbonyl (C=O) groups is 2. The summed E-state index contributed by atoms with van der Waals surface area (Å²) in [5.74, 6) is -1.61.